The lowest BCUT2D eigenvalue weighted by Crippen LogP contribution is -2.02. The van der Waals surface area contributed by atoms with Crippen molar-refractivity contribution >= 4 is 0 Å². The highest BCUT2D eigenvalue weighted by molar-refractivity contribution is 4.62. The van der Waals surface area contributed by atoms with E-state index in [2.05, 4.69) is 55.4 Å². The topological polar surface area (TPSA) is 0 Å². The van der Waals surface area contributed by atoms with Crippen molar-refractivity contribution in [1.82, 2.24) is 0 Å². The van der Waals surface area contributed by atoms with E-state index in [1.165, 1.54) is 96.3 Å². The van der Waals surface area contributed by atoms with Crippen LogP contribution in [0.1, 0.15) is 152 Å². The molecule has 0 heterocycles. The third-order valence-electron chi connectivity index (χ3n) is 7.14. The van der Waals surface area contributed by atoms with Gasteiger partial charge in [0.2, 0.25) is 0 Å². The lowest BCUT2D eigenvalue weighted by Gasteiger charge is -2.17. The minimum absolute atomic E-state index is 0.878. The Kier molecular flexibility index (Phi) is 18.7. The maximum Gasteiger partial charge on any atom is -0.0443 e. The first-order valence-electron chi connectivity index (χ1n) is 13.7. The molecule has 29 heavy (non-hydrogen) atoms. The zero-order valence-corrected chi connectivity index (χ0v) is 22.1. The van der Waals surface area contributed by atoms with Crippen molar-refractivity contribution in [3.63, 3.8) is 0 Å². The molecule has 0 aromatic heterocycles. The second-order valence-corrected chi connectivity index (χ2v) is 11.9. The minimum Gasteiger partial charge on any atom is -0.0628 e. The Labute approximate surface area is 187 Å². The smallest absolute Gasteiger partial charge is 0.0443 e. The molecule has 0 fully saturated rings. The molecule has 0 amide bonds. The first-order chi connectivity index (χ1) is 13.7. The summed E-state index contributed by atoms with van der Waals surface area (Å²) < 4.78 is 0. The Morgan fingerprint density at radius 3 is 0.621 bits per heavy atom. The fourth-order valence-corrected chi connectivity index (χ4v) is 4.77. The van der Waals surface area contributed by atoms with Crippen LogP contribution in [0.15, 0.2) is 0 Å². The average molecular weight is 409 g/mol. The van der Waals surface area contributed by atoms with Gasteiger partial charge >= 0.3 is 0 Å². The van der Waals surface area contributed by atoms with Gasteiger partial charge in [-0.1, -0.05) is 152 Å². The van der Waals surface area contributed by atoms with Gasteiger partial charge in [0, 0.05) is 0 Å². The third-order valence-corrected chi connectivity index (χ3v) is 7.14. The van der Waals surface area contributed by atoms with Crippen LogP contribution in [0.4, 0.5) is 0 Å². The number of hydrogen-bond donors (Lipinski definition) is 0. The van der Waals surface area contributed by atoms with Gasteiger partial charge in [0.15, 0.2) is 0 Å². The molecular weight excluding hydrogens is 348 g/mol. The molecule has 0 rings (SSSR count). The molecule has 0 spiro atoms. The molecule has 0 aliphatic heterocycles. The maximum absolute atomic E-state index is 2.49. The molecule has 0 N–H and O–H groups in total. The first kappa shape index (κ1) is 29.0. The Balaban J connectivity index is 3.57. The van der Waals surface area contributed by atoms with Crippen LogP contribution in [-0.2, 0) is 0 Å². The highest BCUT2D eigenvalue weighted by Crippen LogP contribution is 2.24. The predicted molar refractivity (Wildman–Crippen MR) is 136 cm³/mol. The fourth-order valence-electron chi connectivity index (χ4n) is 4.77. The van der Waals surface area contributed by atoms with Crippen LogP contribution in [0, 0.1) is 35.5 Å². The van der Waals surface area contributed by atoms with Crippen LogP contribution in [0.2, 0.25) is 0 Å². The van der Waals surface area contributed by atoms with E-state index in [4.69, 9.17) is 0 Å². The summed E-state index contributed by atoms with van der Waals surface area (Å²) in [6, 6.07) is 0. The molecule has 0 aliphatic carbocycles. The fraction of sp³-hybridized carbons (Fsp3) is 1.00. The van der Waals surface area contributed by atoms with Crippen LogP contribution in [0.3, 0.4) is 0 Å². The van der Waals surface area contributed by atoms with Crippen molar-refractivity contribution in [2.24, 2.45) is 35.5 Å². The van der Waals surface area contributed by atoms with E-state index in [0.29, 0.717) is 0 Å². The Hall–Kier alpha value is 0. The summed E-state index contributed by atoms with van der Waals surface area (Å²) in [4.78, 5) is 0. The SMILES string of the molecule is CC(C)CCCC(C)CCCC(C)CCCC(C)CCCC(C)CCCC(C)C. The van der Waals surface area contributed by atoms with Crippen molar-refractivity contribution < 1.29 is 0 Å². The molecule has 0 aromatic carbocycles. The van der Waals surface area contributed by atoms with Crippen LogP contribution >= 0.6 is 0 Å². The van der Waals surface area contributed by atoms with Crippen LogP contribution in [0.25, 0.3) is 0 Å². The second kappa shape index (κ2) is 18.7. The van der Waals surface area contributed by atoms with E-state index in [9.17, 15) is 0 Å². The number of rotatable bonds is 20. The summed E-state index contributed by atoms with van der Waals surface area (Å²) in [5, 5.41) is 0. The summed E-state index contributed by atoms with van der Waals surface area (Å²) in [5.41, 5.74) is 0. The standard InChI is InChI=1S/C29H60/c1-24(2)14-9-16-26(5)18-11-20-28(7)22-13-23-29(8)21-12-19-27(6)17-10-15-25(3)4/h24-29H,9-23H2,1-8H3. The highest BCUT2D eigenvalue weighted by Gasteiger charge is 2.09. The van der Waals surface area contributed by atoms with Gasteiger partial charge in [-0.3, -0.25) is 0 Å². The molecular formula is C29H60. The summed E-state index contributed by atoms with van der Waals surface area (Å²) in [6.45, 7) is 19.3. The summed E-state index contributed by atoms with van der Waals surface area (Å²) >= 11 is 0. The van der Waals surface area contributed by atoms with E-state index in [1.807, 2.05) is 0 Å². The molecule has 4 unspecified atom stereocenters. The molecule has 0 saturated carbocycles. The summed E-state index contributed by atoms with van der Waals surface area (Å²) in [6.07, 6.45) is 21.7. The van der Waals surface area contributed by atoms with Crippen molar-refractivity contribution in [3.8, 4) is 0 Å². The molecule has 176 valence electrons. The first-order valence-corrected chi connectivity index (χ1v) is 13.7. The average Bonchev–Trinajstić information content (AvgIpc) is 2.61. The van der Waals surface area contributed by atoms with E-state index in [-0.39, 0.29) is 0 Å². The van der Waals surface area contributed by atoms with Crippen molar-refractivity contribution in [2.75, 3.05) is 0 Å². The zero-order valence-electron chi connectivity index (χ0n) is 22.1. The van der Waals surface area contributed by atoms with E-state index in [1.54, 1.807) is 0 Å². The third kappa shape index (κ3) is 21.0. The molecule has 0 saturated heterocycles. The van der Waals surface area contributed by atoms with Gasteiger partial charge in [0.1, 0.15) is 0 Å². The molecule has 4 atom stereocenters. The normalized spacial score (nSPS) is 16.3. The lowest BCUT2D eigenvalue weighted by molar-refractivity contribution is 0.362. The van der Waals surface area contributed by atoms with Crippen molar-refractivity contribution in [2.45, 2.75) is 152 Å². The van der Waals surface area contributed by atoms with Gasteiger partial charge in [-0.15, -0.1) is 0 Å². The van der Waals surface area contributed by atoms with E-state index in [0.717, 1.165) is 35.5 Å². The van der Waals surface area contributed by atoms with Gasteiger partial charge < -0.3 is 0 Å². The highest BCUT2D eigenvalue weighted by atomic mass is 14.2. The lowest BCUT2D eigenvalue weighted by atomic mass is 9.89. The van der Waals surface area contributed by atoms with Gasteiger partial charge in [-0.25, -0.2) is 0 Å². The summed E-state index contributed by atoms with van der Waals surface area (Å²) in [7, 11) is 0. The molecule has 0 nitrogen and oxygen atoms in total. The van der Waals surface area contributed by atoms with Gasteiger partial charge in [-0.2, -0.15) is 0 Å². The van der Waals surface area contributed by atoms with Gasteiger partial charge in [0.25, 0.3) is 0 Å². The quantitative estimate of drug-likeness (QED) is 0.188. The largest absolute Gasteiger partial charge is 0.0628 e. The van der Waals surface area contributed by atoms with E-state index < -0.39 is 0 Å². The second-order valence-electron chi connectivity index (χ2n) is 11.9. The Morgan fingerprint density at radius 1 is 0.276 bits per heavy atom. The molecule has 0 bridgehead atoms. The molecule has 0 aromatic rings. The summed E-state index contributed by atoms with van der Waals surface area (Å²) in [5.74, 6) is 5.50. The maximum atomic E-state index is 2.49. The molecule has 0 aliphatic rings. The predicted octanol–water partition coefficient (Wildman–Crippen LogP) is 10.7. The van der Waals surface area contributed by atoms with Crippen LogP contribution in [-0.4, -0.2) is 0 Å². The van der Waals surface area contributed by atoms with E-state index >= 15 is 0 Å². The van der Waals surface area contributed by atoms with Crippen LogP contribution < -0.4 is 0 Å². The zero-order chi connectivity index (χ0) is 22.1. The van der Waals surface area contributed by atoms with Crippen LogP contribution in [0.5, 0.6) is 0 Å². The van der Waals surface area contributed by atoms with Gasteiger partial charge in [0.05, 0.1) is 0 Å². The van der Waals surface area contributed by atoms with Crippen molar-refractivity contribution in [1.29, 1.82) is 0 Å². The van der Waals surface area contributed by atoms with Crippen molar-refractivity contribution in [3.05, 3.63) is 0 Å². The molecule has 0 heteroatoms. The number of hydrogen-bond acceptors (Lipinski definition) is 0. The Morgan fingerprint density at radius 2 is 0.448 bits per heavy atom. The Bertz CT molecular complexity index is 297. The van der Waals surface area contributed by atoms with Gasteiger partial charge in [-0.05, 0) is 35.5 Å². The molecule has 0 radical (unpaired) electrons. The monoisotopic (exact) mass is 408 g/mol. The minimum atomic E-state index is 0.878.